The second-order valence-corrected chi connectivity index (χ2v) is 8.93. The summed E-state index contributed by atoms with van der Waals surface area (Å²) in [5.74, 6) is 6.75. The van der Waals surface area contributed by atoms with Crippen molar-refractivity contribution in [3.8, 4) is 23.3 Å². The van der Waals surface area contributed by atoms with Crippen LogP contribution in [0, 0.1) is 11.8 Å². The zero-order valence-corrected chi connectivity index (χ0v) is 20.3. The number of piperidine rings is 1. The van der Waals surface area contributed by atoms with E-state index < -0.39 is 23.6 Å². The Hall–Kier alpha value is -4.04. The molecule has 1 atom stereocenters. The highest BCUT2D eigenvalue weighted by molar-refractivity contribution is 5.99. The molecule has 188 valence electrons. The Bertz CT molecular complexity index is 1520. The zero-order valence-electron chi connectivity index (χ0n) is 20.3. The monoisotopic (exact) mass is 492 g/mol. The van der Waals surface area contributed by atoms with Crippen molar-refractivity contribution in [2.24, 2.45) is 12.8 Å². The predicted octanol–water partition coefficient (Wildman–Crippen LogP) is 0.502. The molecule has 5 rings (SSSR count). The minimum absolute atomic E-state index is 0.00892. The third-order valence-electron chi connectivity index (χ3n) is 6.54. The molecule has 0 amide bonds. The number of hydrogen-bond acceptors (Lipinski definition) is 8. The maximum Gasteiger partial charge on any atom is 0.332 e. The fraction of sp³-hybridized carbons (Fsp3) is 0.440. The van der Waals surface area contributed by atoms with Crippen molar-refractivity contribution in [3.63, 3.8) is 0 Å². The van der Waals surface area contributed by atoms with Gasteiger partial charge in [-0.05, 0) is 31.9 Å². The first kappa shape index (κ1) is 23.7. The Morgan fingerprint density at radius 2 is 2.03 bits per heavy atom. The molecule has 0 saturated carbocycles. The first-order chi connectivity index (χ1) is 17.4. The number of para-hydroxylation sites is 1. The largest absolute Gasteiger partial charge is 0.486 e. The summed E-state index contributed by atoms with van der Waals surface area (Å²) in [7, 11) is 1.54. The van der Waals surface area contributed by atoms with E-state index >= 15 is 0 Å². The molecule has 0 spiro atoms. The molecule has 0 radical (unpaired) electrons. The zero-order chi connectivity index (χ0) is 25.4. The molecule has 2 aliphatic heterocycles. The molecule has 0 bridgehead atoms. The van der Waals surface area contributed by atoms with Gasteiger partial charge in [-0.25, -0.2) is 4.79 Å². The molecule has 1 fully saturated rings. The summed E-state index contributed by atoms with van der Waals surface area (Å²) in [5.41, 5.74) is 5.69. The standard InChI is InChI=1S/C25H28N6O5/c1-3-4-11-30-20-22(27-24(30)29-10-6-7-16(26)14-29)28(2)25(34)31(23(20)33)15-18(32)17-8-5-9-19-21(17)36-13-12-35-19/h5,8-9,16H,6-7,10-15,26H2,1-2H3. The van der Waals surface area contributed by atoms with E-state index in [0.717, 1.165) is 24.0 Å². The fourth-order valence-electron chi connectivity index (χ4n) is 4.76. The quantitative estimate of drug-likeness (QED) is 0.403. The molecule has 11 heteroatoms. The van der Waals surface area contributed by atoms with Crippen molar-refractivity contribution in [1.82, 2.24) is 18.7 Å². The van der Waals surface area contributed by atoms with E-state index in [9.17, 15) is 14.4 Å². The molecule has 1 unspecified atom stereocenters. The number of ether oxygens (including phenoxy) is 2. The lowest BCUT2D eigenvalue weighted by Gasteiger charge is -2.31. The molecular weight excluding hydrogens is 464 g/mol. The van der Waals surface area contributed by atoms with E-state index in [0.29, 0.717) is 37.2 Å². The highest BCUT2D eigenvalue weighted by atomic mass is 16.6. The van der Waals surface area contributed by atoms with Crippen LogP contribution in [-0.4, -0.2) is 56.8 Å². The van der Waals surface area contributed by atoms with E-state index in [1.807, 2.05) is 4.90 Å². The summed E-state index contributed by atoms with van der Waals surface area (Å²) in [6, 6.07) is 4.98. The van der Waals surface area contributed by atoms with Gasteiger partial charge in [-0.2, -0.15) is 4.98 Å². The van der Waals surface area contributed by atoms with Crippen molar-refractivity contribution in [2.45, 2.75) is 38.9 Å². The van der Waals surface area contributed by atoms with Crippen LogP contribution < -0.4 is 31.4 Å². The van der Waals surface area contributed by atoms with Crippen LogP contribution in [0.4, 0.5) is 5.95 Å². The minimum Gasteiger partial charge on any atom is -0.486 e. The Balaban J connectivity index is 1.63. The molecule has 2 N–H and O–H groups in total. The van der Waals surface area contributed by atoms with Crippen LogP contribution >= 0.6 is 0 Å². The van der Waals surface area contributed by atoms with Gasteiger partial charge in [0, 0.05) is 26.2 Å². The molecule has 4 heterocycles. The lowest BCUT2D eigenvalue weighted by Crippen LogP contribution is -2.44. The van der Waals surface area contributed by atoms with Crippen LogP contribution in [0.25, 0.3) is 11.2 Å². The first-order valence-corrected chi connectivity index (χ1v) is 11.9. The molecule has 2 aliphatic rings. The number of ketones is 1. The van der Waals surface area contributed by atoms with Crippen molar-refractivity contribution in [3.05, 3.63) is 44.6 Å². The summed E-state index contributed by atoms with van der Waals surface area (Å²) >= 11 is 0. The van der Waals surface area contributed by atoms with Gasteiger partial charge in [0.2, 0.25) is 5.95 Å². The van der Waals surface area contributed by atoms with Crippen LogP contribution in [0.2, 0.25) is 0 Å². The number of Topliss-reactive ketones (excluding diaryl/α,β-unsaturated/α-hetero) is 1. The summed E-state index contributed by atoms with van der Waals surface area (Å²) in [6.07, 6.45) is 1.81. The fourth-order valence-corrected chi connectivity index (χ4v) is 4.76. The molecule has 0 aliphatic carbocycles. The number of rotatable bonds is 5. The summed E-state index contributed by atoms with van der Waals surface area (Å²) in [4.78, 5) is 46.9. The Morgan fingerprint density at radius 3 is 2.81 bits per heavy atom. The lowest BCUT2D eigenvalue weighted by atomic mass is 10.1. The molecule has 1 saturated heterocycles. The van der Waals surface area contributed by atoms with Crippen molar-refractivity contribution in [1.29, 1.82) is 0 Å². The highest BCUT2D eigenvalue weighted by Crippen LogP contribution is 2.34. The van der Waals surface area contributed by atoms with Gasteiger partial charge in [0.25, 0.3) is 5.56 Å². The van der Waals surface area contributed by atoms with Crippen molar-refractivity contribution in [2.75, 3.05) is 31.2 Å². The van der Waals surface area contributed by atoms with Gasteiger partial charge in [0.15, 0.2) is 28.4 Å². The van der Waals surface area contributed by atoms with E-state index in [2.05, 4.69) is 16.8 Å². The topological polar surface area (TPSA) is 127 Å². The number of carbonyl (C=O) groups excluding carboxylic acids is 1. The van der Waals surface area contributed by atoms with Crippen LogP contribution in [0.1, 0.15) is 30.1 Å². The van der Waals surface area contributed by atoms with Crippen molar-refractivity contribution >= 4 is 22.9 Å². The molecule has 11 nitrogen and oxygen atoms in total. The van der Waals surface area contributed by atoms with Crippen molar-refractivity contribution < 1.29 is 14.3 Å². The highest BCUT2D eigenvalue weighted by Gasteiger charge is 2.27. The maximum absolute atomic E-state index is 13.7. The number of nitrogens with zero attached hydrogens (tertiary/aromatic N) is 5. The number of imidazole rings is 1. The smallest absolute Gasteiger partial charge is 0.332 e. The number of carbonyl (C=O) groups is 1. The third-order valence-corrected chi connectivity index (χ3v) is 6.54. The van der Waals surface area contributed by atoms with Crippen LogP contribution in [-0.2, 0) is 20.1 Å². The number of hydrogen-bond donors (Lipinski definition) is 1. The Morgan fingerprint density at radius 1 is 1.22 bits per heavy atom. The Labute approximate surface area is 207 Å². The van der Waals surface area contributed by atoms with Crippen LogP contribution in [0.5, 0.6) is 11.5 Å². The summed E-state index contributed by atoms with van der Waals surface area (Å²) < 4.78 is 15.2. The molecule has 2 aromatic heterocycles. The first-order valence-electron chi connectivity index (χ1n) is 11.9. The van der Waals surface area contributed by atoms with Gasteiger partial charge in [-0.15, -0.1) is 5.92 Å². The number of aryl methyl sites for hydroxylation is 1. The van der Waals surface area contributed by atoms with E-state index in [4.69, 9.17) is 15.2 Å². The molecule has 36 heavy (non-hydrogen) atoms. The van der Waals surface area contributed by atoms with Crippen LogP contribution in [0.15, 0.2) is 27.8 Å². The number of nitrogens with two attached hydrogens (primary N) is 1. The second kappa shape index (κ2) is 9.54. The maximum atomic E-state index is 13.7. The summed E-state index contributed by atoms with van der Waals surface area (Å²) in [5, 5.41) is 0. The SMILES string of the molecule is CC#CCn1c(N2CCCC(N)C2)nc2c1c(=O)n(CC(=O)c1cccc3c1OCCO3)c(=O)n2C. The average Bonchev–Trinajstić information content (AvgIpc) is 3.28. The number of aromatic nitrogens is 4. The lowest BCUT2D eigenvalue weighted by molar-refractivity contribution is 0.0957. The van der Waals surface area contributed by atoms with Gasteiger partial charge in [0.1, 0.15) is 13.2 Å². The molecule has 3 aromatic rings. The third kappa shape index (κ3) is 4.03. The van der Waals surface area contributed by atoms with E-state index in [1.165, 1.54) is 4.57 Å². The average molecular weight is 493 g/mol. The predicted molar refractivity (Wildman–Crippen MR) is 134 cm³/mol. The van der Waals surface area contributed by atoms with Crippen LogP contribution in [0.3, 0.4) is 0 Å². The number of fused-ring (bicyclic) bond motifs is 2. The van der Waals surface area contributed by atoms with E-state index in [-0.39, 0.29) is 29.3 Å². The van der Waals surface area contributed by atoms with E-state index in [1.54, 1.807) is 36.7 Å². The van der Waals surface area contributed by atoms with Gasteiger partial charge in [-0.3, -0.25) is 23.3 Å². The normalized spacial score (nSPS) is 17.1. The Kier molecular flexibility index (Phi) is 6.28. The van der Waals surface area contributed by atoms with Gasteiger partial charge >= 0.3 is 5.69 Å². The number of benzene rings is 1. The van der Waals surface area contributed by atoms with Gasteiger partial charge < -0.3 is 20.1 Å². The molecular formula is C25H28N6O5. The van der Waals surface area contributed by atoms with Gasteiger partial charge in [-0.1, -0.05) is 12.0 Å². The summed E-state index contributed by atoms with van der Waals surface area (Å²) in [6.45, 7) is 3.50. The number of anilines is 1. The minimum atomic E-state index is -0.629. The van der Waals surface area contributed by atoms with Gasteiger partial charge in [0.05, 0.1) is 18.7 Å². The molecule has 1 aromatic carbocycles. The second-order valence-electron chi connectivity index (χ2n) is 8.93.